The third-order valence-electron chi connectivity index (χ3n) is 3.41. The van der Waals surface area contributed by atoms with Gasteiger partial charge in [0, 0.05) is 11.9 Å². The molecule has 24 heavy (non-hydrogen) atoms. The van der Waals surface area contributed by atoms with E-state index < -0.39 is 11.9 Å². The van der Waals surface area contributed by atoms with Gasteiger partial charge in [0.25, 0.3) is 0 Å². The van der Waals surface area contributed by atoms with E-state index in [-0.39, 0.29) is 11.3 Å². The summed E-state index contributed by atoms with van der Waals surface area (Å²) in [7, 11) is 1.69. The second-order valence-corrected chi connectivity index (χ2v) is 6.33. The SMILES string of the molecule is CCSc1cc(O)cnc1-c1nc2cc(C(F)(F)F)ncc2n1C. The molecule has 3 aromatic heterocycles. The number of imidazole rings is 1. The number of aryl methyl sites for hydroxylation is 1. The van der Waals surface area contributed by atoms with Crippen LogP contribution >= 0.6 is 11.8 Å². The summed E-state index contributed by atoms with van der Waals surface area (Å²) in [5.74, 6) is 1.19. The van der Waals surface area contributed by atoms with Gasteiger partial charge >= 0.3 is 6.18 Å². The number of alkyl halides is 3. The minimum Gasteiger partial charge on any atom is -0.506 e. The monoisotopic (exact) mass is 354 g/mol. The summed E-state index contributed by atoms with van der Waals surface area (Å²) in [6, 6.07) is 2.49. The van der Waals surface area contributed by atoms with Crippen molar-refractivity contribution in [2.45, 2.75) is 18.0 Å². The van der Waals surface area contributed by atoms with E-state index in [1.165, 1.54) is 18.0 Å². The van der Waals surface area contributed by atoms with Gasteiger partial charge in [0.1, 0.15) is 17.1 Å². The largest absolute Gasteiger partial charge is 0.506 e. The molecule has 5 nitrogen and oxygen atoms in total. The third kappa shape index (κ3) is 2.91. The normalized spacial score (nSPS) is 12.0. The Morgan fingerprint density at radius 2 is 1.96 bits per heavy atom. The number of aromatic hydroxyl groups is 1. The number of hydrogen-bond acceptors (Lipinski definition) is 5. The Balaban J connectivity index is 2.19. The number of halogens is 3. The van der Waals surface area contributed by atoms with Gasteiger partial charge in [0.05, 0.1) is 23.4 Å². The van der Waals surface area contributed by atoms with Crippen molar-refractivity contribution >= 4 is 22.8 Å². The van der Waals surface area contributed by atoms with Crippen LogP contribution in [0.1, 0.15) is 12.6 Å². The molecule has 0 aliphatic rings. The van der Waals surface area contributed by atoms with Crippen molar-refractivity contribution in [3.05, 3.63) is 30.2 Å². The minimum absolute atomic E-state index is 0.0227. The predicted molar refractivity (Wildman–Crippen MR) is 84.8 cm³/mol. The van der Waals surface area contributed by atoms with E-state index in [0.717, 1.165) is 18.0 Å². The maximum absolute atomic E-state index is 12.8. The molecule has 9 heteroatoms. The topological polar surface area (TPSA) is 63.8 Å². The van der Waals surface area contributed by atoms with E-state index in [9.17, 15) is 18.3 Å². The van der Waals surface area contributed by atoms with Crippen LogP contribution in [0.2, 0.25) is 0 Å². The van der Waals surface area contributed by atoms with E-state index >= 15 is 0 Å². The number of aromatic nitrogens is 4. The number of pyridine rings is 2. The van der Waals surface area contributed by atoms with Crippen LogP contribution in [0, 0.1) is 0 Å². The highest BCUT2D eigenvalue weighted by atomic mass is 32.2. The molecule has 1 N–H and O–H groups in total. The van der Waals surface area contributed by atoms with Gasteiger partial charge in [-0.2, -0.15) is 13.2 Å². The predicted octanol–water partition coefficient (Wildman–Crippen LogP) is 3.87. The maximum atomic E-state index is 12.8. The lowest BCUT2D eigenvalue weighted by Crippen LogP contribution is -2.07. The zero-order valence-corrected chi connectivity index (χ0v) is 13.6. The number of hydrogen-bond donors (Lipinski definition) is 1. The van der Waals surface area contributed by atoms with Crippen molar-refractivity contribution in [3.63, 3.8) is 0 Å². The van der Waals surface area contributed by atoms with Crippen LogP contribution in [0.25, 0.3) is 22.6 Å². The molecule has 0 atom stereocenters. The van der Waals surface area contributed by atoms with E-state index in [0.29, 0.717) is 21.9 Å². The number of thioether (sulfide) groups is 1. The van der Waals surface area contributed by atoms with Crippen molar-refractivity contribution < 1.29 is 18.3 Å². The van der Waals surface area contributed by atoms with Gasteiger partial charge < -0.3 is 9.67 Å². The van der Waals surface area contributed by atoms with Crippen LogP contribution in [0.3, 0.4) is 0 Å². The summed E-state index contributed by atoms with van der Waals surface area (Å²) in [6.07, 6.45) is -2.08. The van der Waals surface area contributed by atoms with Crippen LogP contribution in [0.15, 0.2) is 29.4 Å². The molecule has 3 aromatic rings. The molecule has 3 heterocycles. The minimum atomic E-state index is -4.52. The van der Waals surface area contributed by atoms with E-state index in [1.807, 2.05) is 6.92 Å². The highest BCUT2D eigenvalue weighted by molar-refractivity contribution is 7.99. The zero-order valence-electron chi connectivity index (χ0n) is 12.8. The Hall–Kier alpha value is -2.29. The molecular formula is C15H13F3N4OS. The molecule has 0 aromatic carbocycles. The van der Waals surface area contributed by atoms with Gasteiger partial charge in [-0.15, -0.1) is 11.8 Å². The second kappa shape index (κ2) is 5.97. The molecule has 0 saturated heterocycles. The molecule has 0 aliphatic heterocycles. The third-order valence-corrected chi connectivity index (χ3v) is 4.32. The molecule has 0 spiro atoms. The van der Waals surface area contributed by atoms with Gasteiger partial charge in [0.15, 0.2) is 5.82 Å². The van der Waals surface area contributed by atoms with Gasteiger partial charge in [-0.05, 0) is 17.9 Å². The Morgan fingerprint density at radius 1 is 1.21 bits per heavy atom. The van der Waals surface area contributed by atoms with Gasteiger partial charge in [-0.1, -0.05) is 6.92 Å². The fraction of sp³-hybridized carbons (Fsp3) is 0.267. The molecule has 0 unspecified atom stereocenters. The van der Waals surface area contributed by atoms with Crippen LogP contribution in [0.5, 0.6) is 5.75 Å². The molecule has 0 fully saturated rings. The van der Waals surface area contributed by atoms with E-state index in [2.05, 4.69) is 15.0 Å². The number of fused-ring (bicyclic) bond motifs is 1. The summed E-state index contributed by atoms with van der Waals surface area (Å²) < 4.78 is 40.1. The second-order valence-electron chi connectivity index (χ2n) is 5.02. The van der Waals surface area contributed by atoms with Crippen molar-refractivity contribution in [2.75, 3.05) is 5.75 Å². The lowest BCUT2D eigenvalue weighted by Gasteiger charge is -2.08. The summed E-state index contributed by atoms with van der Waals surface area (Å²) in [5.41, 5.74) is 0.186. The molecule has 126 valence electrons. The Bertz CT molecular complexity index is 908. The highest BCUT2D eigenvalue weighted by Gasteiger charge is 2.33. The zero-order chi connectivity index (χ0) is 17.5. The highest BCUT2D eigenvalue weighted by Crippen LogP contribution is 2.34. The van der Waals surface area contributed by atoms with Crippen LogP contribution in [0.4, 0.5) is 13.2 Å². The number of rotatable bonds is 3. The quantitative estimate of drug-likeness (QED) is 0.724. The molecule has 0 bridgehead atoms. The van der Waals surface area contributed by atoms with Crippen molar-refractivity contribution in [1.82, 2.24) is 19.5 Å². The van der Waals surface area contributed by atoms with Gasteiger partial charge in [-0.3, -0.25) is 0 Å². The molecule has 0 saturated carbocycles. The molecule has 0 radical (unpaired) electrons. The van der Waals surface area contributed by atoms with Crippen molar-refractivity contribution in [3.8, 4) is 17.3 Å². The lowest BCUT2D eigenvalue weighted by atomic mass is 10.3. The van der Waals surface area contributed by atoms with Crippen LogP contribution < -0.4 is 0 Å². The fourth-order valence-electron chi connectivity index (χ4n) is 2.32. The maximum Gasteiger partial charge on any atom is 0.433 e. The first kappa shape index (κ1) is 16.6. The molecule has 3 rings (SSSR count). The van der Waals surface area contributed by atoms with Crippen molar-refractivity contribution in [1.29, 1.82) is 0 Å². The van der Waals surface area contributed by atoms with Gasteiger partial charge in [0.2, 0.25) is 0 Å². The molecule has 0 amide bonds. The molecule has 0 aliphatic carbocycles. The lowest BCUT2D eigenvalue weighted by molar-refractivity contribution is -0.141. The summed E-state index contributed by atoms with van der Waals surface area (Å²) >= 11 is 1.47. The smallest absolute Gasteiger partial charge is 0.433 e. The first-order valence-electron chi connectivity index (χ1n) is 7.03. The summed E-state index contributed by atoms with van der Waals surface area (Å²) in [5, 5.41) is 9.61. The summed E-state index contributed by atoms with van der Waals surface area (Å²) in [4.78, 5) is 12.7. The van der Waals surface area contributed by atoms with Crippen LogP contribution in [-0.4, -0.2) is 30.4 Å². The number of nitrogens with zero attached hydrogens (tertiary/aromatic N) is 4. The Labute approximate surface area is 139 Å². The first-order valence-corrected chi connectivity index (χ1v) is 8.01. The standard InChI is InChI=1S/C15H13F3N4OS/c1-3-24-11-4-8(23)6-20-13(11)14-21-9-5-12(15(16,17)18)19-7-10(9)22(14)2/h4-7,23H,3H2,1-2H3. The van der Waals surface area contributed by atoms with Gasteiger partial charge in [-0.25, -0.2) is 15.0 Å². The Morgan fingerprint density at radius 3 is 2.62 bits per heavy atom. The van der Waals surface area contributed by atoms with E-state index in [4.69, 9.17) is 0 Å². The average Bonchev–Trinajstić information content (AvgIpc) is 2.83. The summed E-state index contributed by atoms with van der Waals surface area (Å²) in [6.45, 7) is 1.95. The van der Waals surface area contributed by atoms with E-state index in [1.54, 1.807) is 17.7 Å². The molecular weight excluding hydrogens is 341 g/mol. The average molecular weight is 354 g/mol. The first-order chi connectivity index (χ1) is 11.3. The van der Waals surface area contributed by atoms with Crippen molar-refractivity contribution in [2.24, 2.45) is 7.05 Å². The van der Waals surface area contributed by atoms with Crippen LogP contribution in [-0.2, 0) is 13.2 Å². The Kier molecular flexibility index (Phi) is 4.12. The fourth-order valence-corrected chi connectivity index (χ4v) is 3.12.